The third-order valence-corrected chi connectivity index (χ3v) is 7.46. The molecule has 3 aromatic rings. The molecule has 10 heteroatoms. The molecule has 1 aliphatic rings. The molecule has 1 aliphatic heterocycles. The van der Waals surface area contributed by atoms with Gasteiger partial charge in [-0.25, -0.2) is 0 Å². The van der Waals surface area contributed by atoms with Crippen molar-refractivity contribution >= 4 is 23.3 Å². The number of hydrogen-bond acceptors (Lipinski definition) is 6. The Morgan fingerprint density at radius 1 is 1.27 bits per heavy atom. The average Bonchev–Trinajstić information content (AvgIpc) is 3.67. The Morgan fingerprint density at radius 3 is 2.67 bits per heavy atom. The third kappa shape index (κ3) is 7.32. The van der Waals surface area contributed by atoms with Gasteiger partial charge in [0.25, 0.3) is 0 Å². The van der Waals surface area contributed by atoms with Crippen LogP contribution in [-0.4, -0.2) is 35.3 Å². The third-order valence-electron chi connectivity index (χ3n) is 6.28. The number of thiophene rings is 1. The second kappa shape index (κ2) is 12.9. The van der Waals surface area contributed by atoms with E-state index in [1.54, 1.807) is 19.1 Å². The SMILES string of the molecule is C=C1OCCN1C(=O)CC(c1ccc(OCc2sc(/C=C/C=C(\C=C/C)C(F)(F)F)cc2C)cc1)c1ccon1. The van der Waals surface area contributed by atoms with Crippen molar-refractivity contribution < 1.29 is 32.0 Å². The zero-order chi connectivity index (χ0) is 28.7. The molecule has 1 saturated heterocycles. The number of amides is 1. The minimum atomic E-state index is -4.40. The van der Waals surface area contributed by atoms with Gasteiger partial charge in [-0.1, -0.05) is 35.5 Å². The van der Waals surface area contributed by atoms with Gasteiger partial charge in [-0.15, -0.1) is 11.3 Å². The number of alkyl halides is 3. The normalized spacial score (nSPS) is 15.3. The number of aromatic nitrogens is 1. The van der Waals surface area contributed by atoms with Crippen LogP contribution in [0, 0.1) is 6.92 Å². The highest BCUT2D eigenvalue weighted by atomic mass is 32.1. The Kier molecular flexibility index (Phi) is 9.31. The molecule has 4 rings (SSSR count). The van der Waals surface area contributed by atoms with Gasteiger partial charge in [0, 0.05) is 28.2 Å². The summed E-state index contributed by atoms with van der Waals surface area (Å²) in [7, 11) is 0. The molecule has 0 radical (unpaired) electrons. The summed E-state index contributed by atoms with van der Waals surface area (Å²) in [6, 6.07) is 11.1. The maximum absolute atomic E-state index is 13.0. The van der Waals surface area contributed by atoms with E-state index in [4.69, 9.17) is 14.0 Å². The number of carbonyl (C=O) groups is 1. The summed E-state index contributed by atoms with van der Waals surface area (Å²) in [6.45, 7) is 8.48. The number of allylic oxidation sites excluding steroid dienone is 5. The number of rotatable bonds is 10. The van der Waals surface area contributed by atoms with E-state index in [-0.39, 0.29) is 18.2 Å². The zero-order valence-electron chi connectivity index (χ0n) is 22.1. The Labute approximate surface area is 234 Å². The topological polar surface area (TPSA) is 64.8 Å². The van der Waals surface area contributed by atoms with Gasteiger partial charge >= 0.3 is 6.18 Å². The van der Waals surface area contributed by atoms with E-state index in [2.05, 4.69) is 11.7 Å². The maximum Gasteiger partial charge on any atom is 0.416 e. The van der Waals surface area contributed by atoms with Gasteiger partial charge in [-0.05, 0) is 61.9 Å². The molecule has 0 spiro atoms. The summed E-state index contributed by atoms with van der Waals surface area (Å²) in [4.78, 5) is 16.2. The minimum Gasteiger partial charge on any atom is -0.488 e. The predicted molar refractivity (Wildman–Crippen MR) is 148 cm³/mol. The van der Waals surface area contributed by atoms with Crippen LogP contribution in [-0.2, 0) is 16.1 Å². The average molecular weight is 571 g/mol. The largest absolute Gasteiger partial charge is 0.488 e. The first kappa shape index (κ1) is 28.9. The van der Waals surface area contributed by atoms with Crippen LogP contribution in [0.5, 0.6) is 5.75 Å². The van der Waals surface area contributed by atoms with Crippen LogP contribution in [0.25, 0.3) is 6.08 Å². The van der Waals surface area contributed by atoms with Crippen molar-refractivity contribution in [3.63, 3.8) is 0 Å². The Hall–Kier alpha value is -4.05. The van der Waals surface area contributed by atoms with Gasteiger partial charge in [0.1, 0.15) is 25.2 Å². The molecule has 1 amide bonds. The summed E-state index contributed by atoms with van der Waals surface area (Å²) in [6.07, 6.45) is 3.76. The molecule has 0 saturated carbocycles. The molecule has 40 heavy (non-hydrogen) atoms. The lowest BCUT2D eigenvalue weighted by atomic mass is 9.92. The van der Waals surface area contributed by atoms with Crippen LogP contribution >= 0.6 is 11.3 Å². The Morgan fingerprint density at radius 2 is 2.05 bits per heavy atom. The van der Waals surface area contributed by atoms with Crippen LogP contribution < -0.4 is 4.74 Å². The van der Waals surface area contributed by atoms with Crippen molar-refractivity contribution in [2.45, 2.75) is 39.0 Å². The summed E-state index contributed by atoms with van der Waals surface area (Å²) < 4.78 is 55.4. The van der Waals surface area contributed by atoms with Crippen LogP contribution in [0.2, 0.25) is 0 Å². The number of carbonyl (C=O) groups excluding carboxylic acids is 1. The first-order valence-electron chi connectivity index (χ1n) is 12.6. The number of halogens is 3. The lowest BCUT2D eigenvalue weighted by Gasteiger charge is -2.19. The van der Waals surface area contributed by atoms with Crippen LogP contribution in [0.4, 0.5) is 13.2 Å². The molecule has 0 aliphatic carbocycles. The molecule has 210 valence electrons. The highest BCUT2D eigenvalue weighted by molar-refractivity contribution is 7.13. The monoisotopic (exact) mass is 570 g/mol. The molecule has 2 aromatic heterocycles. The van der Waals surface area contributed by atoms with Gasteiger partial charge in [0.2, 0.25) is 5.91 Å². The molecule has 1 fully saturated rings. The summed E-state index contributed by atoms with van der Waals surface area (Å²) in [5, 5.41) is 4.06. The zero-order valence-corrected chi connectivity index (χ0v) is 22.9. The maximum atomic E-state index is 13.0. The van der Waals surface area contributed by atoms with Gasteiger partial charge in [-0.3, -0.25) is 9.69 Å². The number of aryl methyl sites for hydroxylation is 1. The van der Waals surface area contributed by atoms with E-state index in [0.717, 1.165) is 33.0 Å². The second-order valence-electron chi connectivity index (χ2n) is 9.06. The van der Waals surface area contributed by atoms with Crippen molar-refractivity contribution in [1.82, 2.24) is 10.1 Å². The molecule has 3 heterocycles. The van der Waals surface area contributed by atoms with Crippen molar-refractivity contribution in [3.8, 4) is 5.75 Å². The minimum absolute atomic E-state index is 0.110. The van der Waals surface area contributed by atoms with Gasteiger partial charge in [0.05, 0.1) is 17.8 Å². The van der Waals surface area contributed by atoms with Crippen LogP contribution in [0.15, 0.2) is 89.5 Å². The second-order valence-corrected chi connectivity index (χ2v) is 10.2. The fraction of sp³-hybridized carbons (Fsp3) is 0.267. The van der Waals surface area contributed by atoms with Gasteiger partial charge in [0.15, 0.2) is 5.88 Å². The van der Waals surface area contributed by atoms with E-state index < -0.39 is 11.7 Å². The fourth-order valence-corrected chi connectivity index (χ4v) is 5.19. The van der Waals surface area contributed by atoms with Crippen LogP contribution in [0.3, 0.4) is 0 Å². The van der Waals surface area contributed by atoms with E-state index >= 15 is 0 Å². The molecule has 0 bridgehead atoms. The predicted octanol–water partition coefficient (Wildman–Crippen LogP) is 7.55. The van der Waals surface area contributed by atoms with Crippen molar-refractivity contribution in [2.24, 2.45) is 0 Å². The lowest BCUT2D eigenvalue weighted by Crippen LogP contribution is -2.28. The van der Waals surface area contributed by atoms with E-state index in [9.17, 15) is 18.0 Å². The molecule has 1 aromatic carbocycles. The van der Waals surface area contributed by atoms with E-state index in [1.807, 2.05) is 37.3 Å². The molecule has 0 N–H and O–H groups in total. The molecular formula is C30H29F3N2O4S. The Balaban J connectivity index is 1.41. The lowest BCUT2D eigenvalue weighted by molar-refractivity contribution is -0.129. The number of hydrogen-bond donors (Lipinski definition) is 0. The highest BCUT2D eigenvalue weighted by Crippen LogP contribution is 2.31. The summed E-state index contributed by atoms with van der Waals surface area (Å²) >= 11 is 1.46. The van der Waals surface area contributed by atoms with E-state index in [0.29, 0.717) is 37.1 Å². The molecular weight excluding hydrogens is 541 g/mol. The molecule has 1 atom stereocenters. The fourth-order valence-electron chi connectivity index (χ4n) is 4.19. The smallest absolute Gasteiger partial charge is 0.416 e. The van der Waals surface area contributed by atoms with Crippen molar-refractivity contribution in [3.05, 3.63) is 112 Å². The summed E-state index contributed by atoms with van der Waals surface area (Å²) in [5.74, 6) is 0.568. The quantitative estimate of drug-likeness (QED) is 0.236. The molecule has 1 unspecified atom stereocenters. The number of nitrogens with zero attached hydrogens (tertiary/aromatic N) is 2. The van der Waals surface area contributed by atoms with Gasteiger partial charge in [-0.2, -0.15) is 13.2 Å². The van der Waals surface area contributed by atoms with Crippen molar-refractivity contribution in [1.29, 1.82) is 0 Å². The Bertz CT molecular complexity index is 1400. The highest BCUT2D eigenvalue weighted by Gasteiger charge is 2.31. The van der Waals surface area contributed by atoms with E-state index in [1.165, 1.54) is 34.7 Å². The molecule has 6 nitrogen and oxygen atoms in total. The van der Waals surface area contributed by atoms with Crippen LogP contribution in [0.1, 0.15) is 45.8 Å². The summed E-state index contributed by atoms with van der Waals surface area (Å²) in [5.41, 5.74) is 1.80. The number of benzene rings is 1. The number of ether oxygens (including phenoxy) is 2. The van der Waals surface area contributed by atoms with Gasteiger partial charge < -0.3 is 14.0 Å². The van der Waals surface area contributed by atoms with Crippen molar-refractivity contribution in [2.75, 3.05) is 13.2 Å². The first-order chi connectivity index (χ1) is 19.2. The first-order valence-corrected chi connectivity index (χ1v) is 13.4. The standard InChI is InChI=1S/C30H29F3N2O4S/c1-4-6-23(30(31,32)33)7-5-8-25-17-20(2)28(40-25)19-38-24-11-9-22(10-12-24)26(27-13-15-39-34-27)18-29(36)35-14-16-37-21(35)3/h4-13,15,17,26H,3,14,16,18-19H2,1-2H3/b6-4-,8-5+,23-7+.